The van der Waals surface area contributed by atoms with E-state index in [0.717, 1.165) is 29.0 Å². The number of amides is 1. The number of ether oxygens (including phenoxy) is 2. The van der Waals surface area contributed by atoms with Gasteiger partial charge in [-0.15, -0.1) is 0 Å². The molecule has 0 saturated heterocycles. The van der Waals surface area contributed by atoms with Crippen LogP contribution < -0.4 is 14.8 Å². The van der Waals surface area contributed by atoms with E-state index in [4.69, 9.17) is 9.47 Å². The van der Waals surface area contributed by atoms with Gasteiger partial charge in [-0.25, -0.2) is 0 Å². The molecule has 0 aliphatic carbocycles. The number of carbonyl (C=O) groups excluding carboxylic acids is 1. The van der Waals surface area contributed by atoms with Crippen LogP contribution in [0.5, 0.6) is 11.5 Å². The summed E-state index contributed by atoms with van der Waals surface area (Å²) < 4.78 is 10.8. The first kappa shape index (κ1) is 18.8. The van der Waals surface area contributed by atoms with Crippen LogP contribution in [0.1, 0.15) is 43.9 Å². The highest BCUT2D eigenvalue weighted by Crippen LogP contribution is 2.22. The Kier molecular flexibility index (Phi) is 7.33. The molecule has 0 bridgehead atoms. The van der Waals surface area contributed by atoms with Crippen molar-refractivity contribution in [3.63, 3.8) is 0 Å². The lowest BCUT2D eigenvalue weighted by molar-refractivity contribution is -0.121. The first-order chi connectivity index (χ1) is 12.2. The molecule has 2 aromatic carbocycles. The van der Waals surface area contributed by atoms with Gasteiger partial charge in [0.2, 0.25) is 5.91 Å². The van der Waals surface area contributed by atoms with E-state index in [1.54, 1.807) is 7.11 Å². The molecule has 0 aliphatic rings. The molecule has 134 valence electrons. The molecule has 0 saturated carbocycles. The maximum absolute atomic E-state index is 12.4. The molecule has 2 aromatic rings. The normalized spacial score (nSPS) is 11.6. The van der Waals surface area contributed by atoms with Gasteiger partial charge in [0, 0.05) is 6.42 Å². The van der Waals surface area contributed by atoms with E-state index in [9.17, 15) is 4.79 Å². The van der Waals surface area contributed by atoms with Gasteiger partial charge in [-0.05, 0) is 49.1 Å². The van der Waals surface area contributed by atoms with Crippen LogP contribution in [0.15, 0.2) is 48.5 Å². The third-order valence-electron chi connectivity index (χ3n) is 4.16. The molecular weight excluding hydrogens is 314 g/mol. The largest absolute Gasteiger partial charge is 0.497 e. The van der Waals surface area contributed by atoms with Gasteiger partial charge in [-0.1, -0.05) is 37.3 Å². The number of hydrogen-bond donors (Lipinski definition) is 1. The SMILES string of the molecule is CCOc1ccccc1CCC(=O)NC(CC)c1ccc(OC)cc1. The Hall–Kier alpha value is -2.49. The third-order valence-corrected chi connectivity index (χ3v) is 4.16. The Morgan fingerprint density at radius 1 is 1.08 bits per heavy atom. The van der Waals surface area contributed by atoms with Crippen LogP contribution in [-0.4, -0.2) is 19.6 Å². The predicted octanol–water partition coefficient (Wildman–Crippen LogP) is 4.29. The summed E-state index contributed by atoms with van der Waals surface area (Å²) in [6.07, 6.45) is 1.95. The smallest absolute Gasteiger partial charge is 0.220 e. The van der Waals surface area contributed by atoms with Crippen LogP contribution in [0, 0.1) is 0 Å². The lowest BCUT2D eigenvalue weighted by Crippen LogP contribution is -2.28. The summed E-state index contributed by atoms with van der Waals surface area (Å²) in [6.45, 7) is 4.66. The molecule has 4 nitrogen and oxygen atoms in total. The highest BCUT2D eigenvalue weighted by molar-refractivity contribution is 5.76. The second-order valence-electron chi connectivity index (χ2n) is 5.84. The molecule has 25 heavy (non-hydrogen) atoms. The summed E-state index contributed by atoms with van der Waals surface area (Å²) in [5.41, 5.74) is 2.16. The predicted molar refractivity (Wildman–Crippen MR) is 100 cm³/mol. The summed E-state index contributed by atoms with van der Waals surface area (Å²) in [6, 6.07) is 15.7. The quantitative estimate of drug-likeness (QED) is 0.740. The maximum atomic E-state index is 12.4. The van der Waals surface area contributed by atoms with Crippen molar-refractivity contribution in [1.29, 1.82) is 0 Å². The summed E-state index contributed by atoms with van der Waals surface area (Å²) >= 11 is 0. The first-order valence-corrected chi connectivity index (χ1v) is 8.81. The molecule has 1 atom stereocenters. The van der Waals surface area contributed by atoms with E-state index < -0.39 is 0 Å². The van der Waals surface area contributed by atoms with Crippen LogP contribution in [0.4, 0.5) is 0 Å². The molecule has 0 radical (unpaired) electrons. The fourth-order valence-corrected chi connectivity index (χ4v) is 2.78. The molecule has 0 aromatic heterocycles. The fraction of sp³-hybridized carbons (Fsp3) is 0.381. The number of carbonyl (C=O) groups is 1. The van der Waals surface area contributed by atoms with Crippen molar-refractivity contribution in [2.75, 3.05) is 13.7 Å². The molecule has 0 fully saturated rings. The zero-order valence-electron chi connectivity index (χ0n) is 15.2. The number of hydrogen-bond acceptors (Lipinski definition) is 3. The molecule has 0 aliphatic heterocycles. The van der Waals surface area contributed by atoms with Gasteiger partial charge in [0.25, 0.3) is 0 Å². The zero-order valence-corrected chi connectivity index (χ0v) is 15.2. The van der Waals surface area contributed by atoms with E-state index in [1.165, 1.54) is 0 Å². The van der Waals surface area contributed by atoms with Gasteiger partial charge < -0.3 is 14.8 Å². The lowest BCUT2D eigenvalue weighted by Gasteiger charge is -2.18. The van der Waals surface area contributed by atoms with E-state index in [0.29, 0.717) is 19.4 Å². The van der Waals surface area contributed by atoms with Crippen molar-refractivity contribution in [1.82, 2.24) is 5.32 Å². The lowest BCUT2D eigenvalue weighted by atomic mass is 10.0. The average molecular weight is 341 g/mol. The second kappa shape index (κ2) is 9.72. The van der Waals surface area contributed by atoms with Crippen LogP contribution in [-0.2, 0) is 11.2 Å². The van der Waals surface area contributed by atoms with E-state index in [2.05, 4.69) is 12.2 Å². The van der Waals surface area contributed by atoms with Gasteiger partial charge >= 0.3 is 0 Å². The second-order valence-corrected chi connectivity index (χ2v) is 5.84. The molecule has 0 heterocycles. The van der Waals surface area contributed by atoms with E-state index >= 15 is 0 Å². The Morgan fingerprint density at radius 2 is 1.80 bits per heavy atom. The third kappa shape index (κ3) is 5.52. The Bertz CT molecular complexity index is 667. The summed E-state index contributed by atoms with van der Waals surface area (Å²) in [4.78, 5) is 12.4. The van der Waals surface area contributed by atoms with Crippen molar-refractivity contribution in [2.24, 2.45) is 0 Å². The maximum Gasteiger partial charge on any atom is 0.220 e. The Morgan fingerprint density at radius 3 is 2.44 bits per heavy atom. The topological polar surface area (TPSA) is 47.6 Å². The van der Waals surface area contributed by atoms with Crippen LogP contribution in [0.25, 0.3) is 0 Å². The van der Waals surface area contributed by atoms with Crippen molar-refractivity contribution >= 4 is 5.91 Å². The minimum atomic E-state index is 0.0144. The number of aryl methyl sites for hydroxylation is 1. The van der Waals surface area contributed by atoms with Gasteiger partial charge in [-0.2, -0.15) is 0 Å². The zero-order chi connectivity index (χ0) is 18.1. The number of rotatable bonds is 9. The Labute approximate surface area is 150 Å². The van der Waals surface area contributed by atoms with Crippen molar-refractivity contribution in [3.8, 4) is 11.5 Å². The van der Waals surface area contributed by atoms with Crippen molar-refractivity contribution in [3.05, 3.63) is 59.7 Å². The molecule has 4 heteroatoms. The standard InChI is InChI=1S/C21H27NO3/c1-4-19(16-10-13-18(24-3)14-11-16)22-21(23)15-12-17-8-6-7-9-20(17)25-5-2/h6-11,13-14,19H,4-5,12,15H2,1-3H3,(H,22,23). The van der Waals surface area contributed by atoms with Crippen molar-refractivity contribution < 1.29 is 14.3 Å². The highest BCUT2D eigenvalue weighted by atomic mass is 16.5. The number of para-hydroxylation sites is 1. The molecule has 0 spiro atoms. The van der Waals surface area contributed by atoms with Gasteiger partial charge in [-0.3, -0.25) is 4.79 Å². The van der Waals surface area contributed by atoms with Gasteiger partial charge in [0.05, 0.1) is 19.8 Å². The van der Waals surface area contributed by atoms with Crippen LogP contribution in [0.2, 0.25) is 0 Å². The number of nitrogens with one attached hydrogen (secondary N) is 1. The summed E-state index contributed by atoms with van der Waals surface area (Å²) in [5.74, 6) is 1.73. The van der Waals surface area contributed by atoms with Crippen molar-refractivity contribution in [2.45, 2.75) is 39.2 Å². The molecule has 1 N–H and O–H groups in total. The molecule has 1 amide bonds. The molecule has 2 rings (SSSR count). The highest BCUT2D eigenvalue weighted by Gasteiger charge is 2.13. The molecular formula is C21H27NO3. The Balaban J connectivity index is 1.93. The fourth-order valence-electron chi connectivity index (χ4n) is 2.78. The van der Waals surface area contributed by atoms with Crippen LogP contribution >= 0.6 is 0 Å². The van der Waals surface area contributed by atoms with Gasteiger partial charge in [0.1, 0.15) is 11.5 Å². The average Bonchev–Trinajstić information content (AvgIpc) is 2.66. The van der Waals surface area contributed by atoms with Gasteiger partial charge in [0.15, 0.2) is 0 Å². The molecule has 1 unspecified atom stereocenters. The first-order valence-electron chi connectivity index (χ1n) is 8.81. The minimum absolute atomic E-state index is 0.0144. The van der Waals surface area contributed by atoms with E-state index in [-0.39, 0.29) is 11.9 Å². The minimum Gasteiger partial charge on any atom is -0.497 e. The number of benzene rings is 2. The monoisotopic (exact) mass is 341 g/mol. The van der Waals surface area contributed by atoms with E-state index in [1.807, 2.05) is 55.5 Å². The van der Waals surface area contributed by atoms with Crippen LogP contribution in [0.3, 0.4) is 0 Å². The summed E-state index contributed by atoms with van der Waals surface area (Å²) in [5, 5.41) is 3.12. The number of methoxy groups -OCH3 is 1. The summed E-state index contributed by atoms with van der Waals surface area (Å²) in [7, 11) is 1.65.